The summed E-state index contributed by atoms with van der Waals surface area (Å²) in [6.45, 7) is 0. The number of hydrogen-bond acceptors (Lipinski definition) is 7. The van der Waals surface area contributed by atoms with Gasteiger partial charge < -0.3 is 16.0 Å². The smallest absolute Gasteiger partial charge is 0.230 e. The van der Waals surface area contributed by atoms with Crippen LogP contribution < -0.4 is 16.0 Å². The van der Waals surface area contributed by atoms with Gasteiger partial charge in [0.1, 0.15) is 5.82 Å². The highest BCUT2D eigenvalue weighted by atomic mass is 32.2. The van der Waals surface area contributed by atoms with Gasteiger partial charge in [-0.15, -0.1) is 11.8 Å². The lowest BCUT2D eigenvalue weighted by atomic mass is 9.97. The van der Waals surface area contributed by atoms with Gasteiger partial charge in [-0.25, -0.2) is 0 Å². The van der Waals surface area contributed by atoms with Gasteiger partial charge >= 0.3 is 0 Å². The molecular formula is C16H28N6OS. The molecule has 0 atom stereocenters. The van der Waals surface area contributed by atoms with E-state index in [1.54, 1.807) is 4.90 Å². The van der Waals surface area contributed by atoms with E-state index in [9.17, 15) is 4.79 Å². The summed E-state index contributed by atoms with van der Waals surface area (Å²) < 4.78 is 0. The number of anilines is 2. The minimum Gasteiger partial charge on any atom is -0.368 e. The SMILES string of the molecule is CN(C)c1nc(N)nc(CSCC(=O)NC2CCCCCCC2)n1. The molecule has 8 heteroatoms. The Morgan fingerprint density at radius 3 is 2.50 bits per heavy atom. The molecule has 1 aliphatic carbocycles. The maximum atomic E-state index is 12.1. The molecule has 0 aliphatic heterocycles. The quantitative estimate of drug-likeness (QED) is 0.808. The lowest BCUT2D eigenvalue weighted by Gasteiger charge is -2.20. The Kier molecular flexibility index (Phi) is 7.55. The van der Waals surface area contributed by atoms with E-state index in [0.717, 1.165) is 12.8 Å². The number of rotatable bonds is 6. The summed E-state index contributed by atoms with van der Waals surface area (Å²) in [6.07, 6.45) is 8.55. The number of aromatic nitrogens is 3. The Balaban J connectivity index is 1.75. The van der Waals surface area contributed by atoms with E-state index < -0.39 is 0 Å². The second kappa shape index (κ2) is 9.66. The summed E-state index contributed by atoms with van der Waals surface area (Å²) in [5.74, 6) is 2.42. The second-order valence-electron chi connectivity index (χ2n) is 6.41. The van der Waals surface area contributed by atoms with Crippen LogP contribution in [0.4, 0.5) is 11.9 Å². The molecule has 1 fully saturated rings. The first-order chi connectivity index (χ1) is 11.5. The maximum absolute atomic E-state index is 12.1. The number of carbonyl (C=O) groups is 1. The molecule has 0 unspecified atom stereocenters. The molecule has 0 radical (unpaired) electrons. The zero-order valence-corrected chi connectivity index (χ0v) is 15.4. The van der Waals surface area contributed by atoms with Crippen molar-refractivity contribution in [1.82, 2.24) is 20.3 Å². The number of amides is 1. The van der Waals surface area contributed by atoms with Gasteiger partial charge in [0.2, 0.25) is 17.8 Å². The molecule has 7 nitrogen and oxygen atoms in total. The van der Waals surface area contributed by atoms with Crippen LogP contribution in [-0.2, 0) is 10.5 Å². The summed E-state index contributed by atoms with van der Waals surface area (Å²) in [4.78, 5) is 26.4. The zero-order valence-electron chi connectivity index (χ0n) is 14.6. The van der Waals surface area contributed by atoms with E-state index in [2.05, 4.69) is 20.3 Å². The average molecular weight is 353 g/mol. The zero-order chi connectivity index (χ0) is 17.4. The summed E-state index contributed by atoms with van der Waals surface area (Å²) >= 11 is 1.50. The van der Waals surface area contributed by atoms with Gasteiger partial charge in [0.15, 0.2) is 0 Å². The molecule has 2 rings (SSSR count). The largest absolute Gasteiger partial charge is 0.368 e. The van der Waals surface area contributed by atoms with E-state index in [1.165, 1.54) is 43.9 Å². The molecule has 0 bridgehead atoms. The van der Waals surface area contributed by atoms with Crippen molar-refractivity contribution < 1.29 is 4.79 Å². The third-order valence-electron chi connectivity index (χ3n) is 4.02. The number of hydrogen-bond donors (Lipinski definition) is 2. The number of nitrogens with two attached hydrogens (primary N) is 1. The number of nitrogen functional groups attached to an aromatic ring is 1. The van der Waals surface area contributed by atoms with Gasteiger partial charge in [-0.05, 0) is 12.8 Å². The van der Waals surface area contributed by atoms with E-state index in [1.807, 2.05) is 14.1 Å². The number of thioether (sulfide) groups is 1. The van der Waals surface area contributed by atoms with Crippen molar-refractivity contribution in [2.75, 3.05) is 30.5 Å². The van der Waals surface area contributed by atoms with Crippen LogP contribution in [0.5, 0.6) is 0 Å². The molecule has 134 valence electrons. The highest BCUT2D eigenvalue weighted by Gasteiger charge is 2.14. The topological polar surface area (TPSA) is 97.0 Å². The van der Waals surface area contributed by atoms with Gasteiger partial charge in [0.25, 0.3) is 0 Å². The van der Waals surface area contributed by atoms with Crippen LogP contribution in [0, 0.1) is 0 Å². The van der Waals surface area contributed by atoms with Gasteiger partial charge in [-0.3, -0.25) is 4.79 Å². The molecule has 1 heterocycles. The Morgan fingerprint density at radius 2 is 1.83 bits per heavy atom. The van der Waals surface area contributed by atoms with Crippen LogP contribution in [0.1, 0.15) is 50.8 Å². The molecule has 24 heavy (non-hydrogen) atoms. The summed E-state index contributed by atoms with van der Waals surface area (Å²) in [7, 11) is 3.71. The van der Waals surface area contributed by atoms with Crippen molar-refractivity contribution in [3.8, 4) is 0 Å². The van der Waals surface area contributed by atoms with E-state index in [4.69, 9.17) is 5.73 Å². The van der Waals surface area contributed by atoms with Gasteiger partial charge in [0.05, 0.1) is 11.5 Å². The van der Waals surface area contributed by atoms with Crippen molar-refractivity contribution in [3.05, 3.63) is 5.82 Å². The van der Waals surface area contributed by atoms with Crippen LogP contribution in [0.15, 0.2) is 0 Å². The molecule has 1 saturated carbocycles. The van der Waals surface area contributed by atoms with Crippen molar-refractivity contribution in [2.45, 2.75) is 56.7 Å². The van der Waals surface area contributed by atoms with Crippen molar-refractivity contribution in [3.63, 3.8) is 0 Å². The maximum Gasteiger partial charge on any atom is 0.230 e. The van der Waals surface area contributed by atoms with Gasteiger partial charge in [-0.2, -0.15) is 15.0 Å². The van der Waals surface area contributed by atoms with Crippen LogP contribution >= 0.6 is 11.8 Å². The number of carbonyl (C=O) groups excluding carboxylic acids is 1. The first-order valence-electron chi connectivity index (χ1n) is 8.59. The molecule has 1 aromatic rings. The monoisotopic (exact) mass is 352 g/mol. The Hall–Kier alpha value is -1.57. The molecule has 1 aliphatic rings. The molecule has 0 spiro atoms. The lowest BCUT2D eigenvalue weighted by molar-refractivity contribution is -0.119. The Bertz CT molecular complexity index is 531. The Labute approximate surface area is 148 Å². The highest BCUT2D eigenvalue weighted by Crippen LogP contribution is 2.17. The summed E-state index contributed by atoms with van der Waals surface area (Å²) in [5.41, 5.74) is 5.70. The van der Waals surface area contributed by atoms with Gasteiger partial charge in [-0.1, -0.05) is 32.1 Å². The summed E-state index contributed by atoms with van der Waals surface area (Å²) in [6, 6.07) is 0.339. The molecule has 0 aromatic carbocycles. The molecule has 1 aromatic heterocycles. The van der Waals surface area contributed by atoms with Gasteiger partial charge in [0, 0.05) is 20.1 Å². The normalized spacial score (nSPS) is 16.2. The standard InChI is InChI=1S/C16H28N6OS/c1-22(2)16-20-13(19-15(17)21-16)10-24-11-14(23)18-12-8-6-4-3-5-7-9-12/h12H,3-11H2,1-2H3,(H,18,23)(H2,17,19,20,21). The highest BCUT2D eigenvalue weighted by molar-refractivity contribution is 7.99. The Morgan fingerprint density at radius 1 is 1.17 bits per heavy atom. The second-order valence-corrected chi connectivity index (χ2v) is 7.39. The molecular weight excluding hydrogens is 324 g/mol. The number of nitrogens with one attached hydrogen (secondary N) is 1. The van der Waals surface area contributed by atoms with Crippen LogP contribution in [-0.4, -0.2) is 46.7 Å². The van der Waals surface area contributed by atoms with Crippen LogP contribution in [0.25, 0.3) is 0 Å². The van der Waals surface area contributed by atoms with Crippen LogP contribution in [0.3, 0.4) is 0 Å². The third-order valence-corrected chi connectivity index (χ3v) is 4.95. The van der Waals surface area contributed by atoms with Crippen molar-refractivity contribution in [1.29, 1.82) is 0 Å². The van der Waals surface area contributed by atoms with Crippen molar-refractivity contribution >= 4 is 29.6 Å². The minimum atomic E-state index is 0.0976. The van der Waals surface area contributed by atoms with E-state index >= 15 is 0 Å². The third kappa shape index (κ3) is 6.51. The lowest BCUT2D eigenvalue weighted by Crippen LogP contribution is -2.36. The fraction of sp³-hybridized carbons (Fsp3) is 0.750. The van der Waals surface area contributed by atoms with Crippen LogP contribution in [0.2, 0.25) is 0 Å². The van der Waals surface area contributed by atoms with E-state index in [-0.39, 0.29) is 11.9 Å². The van der Waals surface area contributed by atoms with Crippen molar-refractivity contribution in [2.24, 2.45) is 0 Å². The van der Waals surface area contributed by atoms with E-state index in [0.29, 0.717) is 29.3 Å². The predicted octanol–water partition coefficient (Wildman–Crippen LogP) is 1.98. The average Bonchev–Trinajstić information content (AvgIpc) is 2.49. The minimum absolute atomic E-state index is 0.0976. The fourth-order valence-corrected chi connectivity index (χ4v) is 3.48. The number of nitrogens with zero attached hydrogens (tertiary/aromatic N) is 4. The first kappa shape index (κ1) is 18.8. The fourth-order valence-electron chi connectivity index (χ4n) is 2.79. The predicted molar refractivity (Wildman–Crippen MR) is 99.0 cm³/mol. The molecule has 0 saturated heterocycles. The molecule has 1 amide bonds. The first-order valence-corrected chi connectivity index (χ1v) is 9.75. The molecule has 3 N–H and O–H groups in total. The summed E-state index contributed by atoms with van der Waals surface area (Å²) in [5, 5.41) is 3.17.